The van der Waals surface area contributed by atoms with E-state index in [1.807, 2.05) is 0 Å². The molecule has 5 aromatic heterocycles. The second-order valence-corrected chi connectivity index (χ2v) is 31.9. The van der Waals surface area contributed by atoms with E-state index in [4.69, 9.17) is 0 Å². The third-order valence-electron chi connectivity index (χ3n) is 24.2. The van der Waals surface area contributed by atoms with Crippen molar-refractivity contribution < 1.29 is 0 Å². The van der Waals surface area contributed by atoms with E-state index in [0.717, 1.165) is 0 Å². The maximum absolute atomic E-state index is 2.40. The van der Waals surface area contributed by atoms with Crippen molar-refractivity contribution in [2.24, 2.45) is 0 Å². The van der Waals surface area contributed by atoms with Crippen molar-refractivity contribution in [1.29, 1.82) is 0 Å². The third-order valence-corrected chi connectivity index (χ3v) is 24.2. The Kier molecular flexibility index (Phi) is 18.3. The van der Waals surface area contributed by atoms with Crippen molar-refractivity contribution in [1.82, 2.24) is 22.8 Å². The maximum Gasteiger partial charge on any atom is 0.0547 e. The molecule has 0 spiro atoms. The molecule has 570 valence electrons. The van der Waals surface area contributed by atoms with Gasteiger partial charge in [0, 0.05) is 82.3 Å². The highest BCUT2D eigenvalue weighted by Gasteiger charge is 2.21. The van der Waals surface area contributed by atoms with Gasteiger partial charge in [-0.2, -0.15) is 0 Å². The van der Waals surface area contributed by atoms with E-state index in [2.05, 4.69) is 482 Å². The van der Waals surface area contributed by atoms with Gasteiger partial charge in [-0.15, -0.1) is 0 Å². The van der Waals surface area contributed by atoms with E-state index >= 15 is 0 Å². The van der Waals surface area contributed by atoms with Crippen LogP contribution in [-0.4, -0.2) is 22.8 Å². The van der Waals surface area contributed by atoms with Crippen molar-refractivity contribution in [3.8, 4) is 28.4 Å². The first-order valence-corrected chi connectivity index (χ1v) is 41.5. The molecule has 25 rings (SSSR count). The van der Waals surface area contributed by atoms with Crippen LogP contribution in [0.15, 0.2) is 425 Å². The predicted octanol–water partition coefficient (Wildman–Crippen LogP) is 31.2. The largest absolute Gasteiger partial charge is 0.309 e. The van der Waals surface area contributed by atoms with Crippen LogP contribution in [0.25, 0.3) is 191 Å². The van der Waals surface area contributed by atoms with Gasteiger partial charge in [-0.1, -0.05) is 308 Å². The second kappa shape index (κ2) is 30.4. The average Bonchev–Trinajstić information content (AvgIpc) is 1.49. The number of para-hydroxylation sites is 6. The van der Waals surface area contributed by atoms with E-state index in [1.165, 1.54) is 219 Å². The van der Waals surface area contributed by atoms with Crippen LogP contribution in [0.2, 0.25) is 0 Å². The summed E-state index contributed by atoms with van der Waals surface area (Å²) in [5, 5.41) is 26.1. The minimum atomic E-state index is 1.21. The molecule has 0 aliphatic heterocycles. The molecule has 5 heterocycles. The standard InChI is InChI=1S/5C23H17N/c1-16-8-2-6-12-20(16)24-21-13-7-5-11-19(21)23-18-10-4-3-9-17(18)14-15-22(23)24;1-16-7-6-9-18(15-16)24-21-12-5-4-11-20(21)23-19-10-3-2-8-17(19)13-14-22(23)24;1-16-7-6-10-19(13-16)24-22-12-5-4-11-20(22)21-14-17-8-2-3-9-18(17)15-23(21)24;1-16-10-13-18(14-11-16)24-21-9-5-4-8-20(21)23-19-7-3-2-6-17(19)12-15-22(23)24;1-16-10-12-19(13-11-16)24-22-9-5-4-8-20(22)21-14-17-6-2-3-7-18(17)15-23(21)24/h5*2-15H,1H3. The van der Waals surface area contributed by atoms with E-state index in [1.54, 1.807) is 0 Å². The van der Waals surface area contributed by atoms with Crippen LogP contribution in [-0.2, 0) is 0 Å². The molecular weight excluding hydrogens is 1450 g/mol. The molecule has 0 saturated carbocycles. The molecule has 0 aliphatic carbocycles. The van der Waals surface area contributed by atoms with Gasteiger partial charge in [0.15, 0.2) is 0 Å². The Morgan fingerprint density at radius 2 is 0.425 bits per heavy atom. The summed E-state index contributed by atoms with van der Waals surface area (Å²) in [6.07, 6.45) is 0. The second-order valence-electron chi connectivity index (χ2n) is 31.9. The minimum Gasteiger partial charge on any atom is -0.309 e. The van der Waals surface area contributed by atoms with Crippen LogP contribution in [0.1, 0.15) is 27.8 Å². The average molecular weight is 1540 g/mol. The van der Waals surface area contributed by atoms with Crippen LogP contribution < -0.4 is 0 Å². The van der Waals surface area contributed by atoms with Gasteiger partial charge in [0.1, 0.15) is 0 Å². The van der Waals surface area contributed by atoms with Crippen LogP contribution in [0, 0.1) is 34.6 Å². The fourth-order valence-corrected chi connectivity index (χ4v) is 18.6. The van der Waals surface area contributed by atoms with Gasteiger partial charge in [0.05, 0.1) is 55.2 Å². The normalized spacial score (nSPS) is 11.5. The van der Waals surface area contributed by atoms with Gasteiger partial charge < -0.3 is 22.8 Å². The van der Waals surface area contributed by atoms with Gasteiger partial charge in [0.2, 0.25) is 0 Å². The topological polar surface area (TPSA) is 24.6 Å². The van der Waals surface area contributed by atoms with Gasteiger partial charge in [-0.3, -0.25) is 0 Å². The first-order chi connectivity index (χ1) is 59.1. The fourth-order valence-electron chi connectivity index (χ4n) is 18.6. The van der Waals surface area contributed by atoms with Gasteiger partial charge >= 0.3 is 0 Å². The number of rotatable bonds is 5. The molecule has 5 heteroatoms. The molecule has 0 amide bonds. The molecule has 25 aromatic rings. The monoisotopic (exact) mass is 1540 g/mol. The Morgan fingerprint density at radius 3 is 0.808 bits per heavy atom. The highest BCUT2D eigenvalue weighted by atomic mass is 15.0. The van der Waals surface area contributed by atoms with E-state index in [-0.39, 0.29) is 0 Å². The zero-order valence-electron chi connectivity index (χ0n) is 67.7. The lowest BCUT2D eigenvalue weighted by Crippen LogP contribution is -1.96. The highest BCUT2D eigenvalue weighted by molar-refractivity contribution is 6.24. The van der Waals surface area contributed by atoms with Gasteiger partial charge in [-0.25, -0.2) is 0 Å². The molecule has 0 bridgehead atoms. The first-order valence-electron chi connectivity index (χ1n) is 41.5. The third kappa shape index (κ3) is 12.7. The first kappa shape index (κ1) is 72.4. The highest BCUT2D eigenvalue weighted by Crippen LogP contribution is 2.43. The van der Waals surface area contributed by atoms with Crippen molar-refractivity contribution in [2.45, 2.75) is 34.6 Å². The Bertz CT molecular complexity index is 8180. The SMILES string of the molecule is Cc1ccc(-n2c3ccccc3c3c4ccccc4ccc32)cc1.Cc1ccc(-n2c3ccccc3c3cc4ccccc4cc32)cc1.Cc1cccc(-n2c3ccccc3c3c4ccccc4ccc32)c1.Cc1cccc(-n2c3ccccc3c3cc4ccccc4cc32)c1.Cc1ccccc1-n1c2ccccc2c2c3ccccc3ccc21. The number of hydrogen-bond acceptors (Lipinski definition) is 0. The number of fused-ring (bicyclic) bond motifs is 23. The number of nitrogens with zero attached hydrogens (tertiary/aromatic N) is 5. The minimum absolute atomic E-state index is 1.21. The number of hydrogen-bond donors (Lipinski definition) is 0. The molecule has 0 saturated heterocycles. The summed E-state index contributed by atoms with van der Waals surface area (Å²) in [6, 6.07) is 153. The molecule has 20 aromatic carbocycles. The van der Waals surface area contributed by atoms with Crippen molar-refractivity contribution in [2.75, 3.05) is 0 Å². The molecule has 0 fully saturated rings. The molecular formula is C115H85N5. The molecule has 120 heavy (non-hydrogen) atoms. The summed E-state index contributed by atoms with van der Waals surface area (Å²) in [6.45, 7) is 10.7. The van der Waals surface area contributed by atoms with Crippen LogP contribution >= 0.6 is 0 Å². The number of benzene rings is 20. The Labute approximate surface area is 696 Å². The fraction of sp³-hybridized carbons (Fsp3) is 0.0435. The lowest BCUT2D eigenvalue weighted by molar-refractivity contribution is 1.15. The smallest absolute Gasteiger partial charge is 0.0547 e. The van der Waals surface area contributed by atoms with Gasteiger partial charge in [-0.05, 0) is 233 Å². The van der Waals surface area contributed by atoms with Crippen LogP contribution in [0.4, 0.5) is 0 Å². The quantitative estimate of drug-likeness (QED) is 0.164. The summed E-state index contributed by atoms with van der Waals surface area (Å²) in [5.74, 6) is 0. The molecule has 0 N–H and O–H groups in total. The molecule has 0 aliphatic rings. The van der Waals surface area contributed by atoms with Crippen LogP contribution in [0.3, 0.4) is 0 Å². The summed E-state index contributed by atoms with van der Waals surface area (Å²) in [5.41, 5.74) is 25.1. The summed E-state index contributed by atoms with van der Waals surface area (Å²) in [4.78, 5) is 0. The lowest BCUT2D eigenvalue weighted by Gasteiger charge is -2.11. The lowest BCUT2D eigenvalue weighted by atomic mass is 10.0. The zero-order chi connectivity index (χ0) is 80.5. The van der Waals surface area contributed by atoms with E-state index in [0.29, 0.717) is 0 Å². The van der Waals surface area contributed by atoms with Gasteiger partial charge in [0.25, 0.3) is 0 Å². The van der Waals surface area contributed by atoms with E-state index in [9.17, 15) is 0 Å². The Balaban J connectivity index is 0.0000000928. The Hall–Kier alpha value is -15.3. The predicted molar refractivity (Wildman–Crippen MR) is 515 cm³/mol. The summed E-state index contributed by atoms with van der Waals surface area (Å²) >= 11 is 0. The maximum atomic E-state index is 2.40. The molecule has 0 atom stereocenters. The molecule has 0 unspecified atom stereocenters. The van der Waals surface area contributed by atoms with Crippen molar-refractivity contribution >= 4 is 163 Å². The zero-order valence-corrected chi connectivity index (χ0v) is 67.7. The number of aryl methyl sites for hydroxylation is 5. The van der Waals surface area contributed by atoms with Crippen molar-refractivity contribution in [3.05, 3.63) is 452 Å². The molecule has 5 nitrogen and oxygen atoms in total. The van der Waals surface area contributed by atoms with Crippen molar-refractivity contribution in [3.63, 3.8) is 0 Å². The summed E-state index contributed by atoms with van der Waals surface area (Å²) < 4.78 is 11.9. The Morgan fingerprint density at radius 1 is 0.142 bits per heavy atom. The summed E-state index contributed by atoms with van der Waals surface area (Å²) in [7, 11) is 0. The molecule has 0 radical (unpaired) electrons. The van der Waals surface area contributed by atoms with E-state index < -0.39 is 0 Å². The van der Waals surface area contributed by atoms with Crippen LogP contribution in [0.5, 0.6) is 0 Å². The number of aromatic nitrogens is 5.